The fourth-order valence-electron chi connectivity index (χ4n) is 2.92. The molecule has 3 aromatic carbocycles. The van der Waals surface area contributed by atoms with Crippen molar-refractivity contribution in [3.8, 4) is 5.75 Å². The molecule has 160 valence electrons. The molecule has 0 aromatic heterocycles. The summed E-state index contributed by atoms with van der Waals surface area (Å²) in [6.07, 6.45) is 3.04. The van der Waals surface area contributed by atoms with E-state index in [0.29, 0.717) is 17.0 Å². The number of methoxy groups -OCH3 is 1. The Bertz CT molecular complexity index is 1220. The van der Waals surface area contributed by atoms with Gasteiger partial charge in [0.2, 0.25) is 5.91 Å². The average molecular weight is 437 g/mol. The lowest BCUT2D eigenvalue weighted by atomic mass is 10.1. The van der Waals surface area contributed by atoms with Gasteiger partial charge in [-0.1, -0.05) is 36.4 Å². The Hall–Kier alpha value is -3.58. The summed E-state index contributed by atoms with van der Waals surface area (Å²) in [7, 11) is -2.30. The van der Waals surface area contributed by atoms with Crippen LogP contribution in [0.1, 0.15) is 16.7 Å². The van der Waals surface area contributed by atoms with E-state index in [9.17, 15) is 13.2 Å². The Balaban J connectivity index is 1.69. The maximum Gasteiger partial charge on any atom is 0.262 e. The molecule has 0 fully saturated rings. The summed E-state index contributed by atoms with van der Waals surface area (Å²) >= 11 is 0. The van der Waals surface area contributed by atoms with E-state index in [0.717, 1.165) is 16.8 Å². The molecule has 7 heteroatoms. The zero-order chi connectivity index (χ0) is 22.4. The zero-order valence-electron chi connectivity index (χ0n) is 17.5. The van der Waals surface area contributed by atoms with E-state index >= 15 is 0 Å². The van der Waals surface area contributed by atoms with Crippen molar-refractivity contribution >= 4 is 33.4 Å². The van der Waals surface area contributed by atoms with Gasteiger partial charge in [-0.3, -0.25) is 9.52 Å². The molecular weight excluding hydrogens is 412 g/mol. The lowest BCUT2D eigenvalue weighted by Gasteiger charge is -2.11. The highest BCUT2D eigenvalue weighted by molar-refractivity contribution is 7.92. The fraction of sp³-hybridized carbons (Fsp3) is 0.125. The first-order valence-electron chi connectivity index (χ1n) is 9.61. The van der Waals surface area contributed by atoms with Crippen molar-refractivity contribution in [2.45, 2.75) is 18.7 Å². The second kappa shape index (κ2) is 9.49. The molecule has 0 aliphatic rings. The highest BCUT2D eigenvalue weighted by atomic mass is 32.2. The molecule has 0 aliphatic carbocycles. The van der Waals surface area contributed by atoms with Gasteiger partial charge >= 0.3 is 0 Å². The summed E-state index contributed by atoms with van der Waals surface area (Å²) in [6, 6.07) is 18.8. The lowest BCUT2D eigenvalue weighted by Crippen LogP contribution is -2.13. The van der Waals surface area contributed by atoms with Crippen LogP contribution in [0.15, 0.2) is 77.7 Å². The van der Waals surface area contributed by atoms with Crippen LogP contribution in [0.4, 0.5) is 11.4 Å². The number of rotatable bonds is 7. The number of para-hydroxylation sites is 2. The first kappa shape index (κ1) is 22.1. The average Bonchev–Trinajstić information content (AvgIpc) is 2.76. The van der Waals surface area contributed by atoms with E-state index in [1.165, 1.54) is 25.3 Å². The molecule has 0 unspecified atom stereocenters. The summed E-state index contributed by atoms with van der Waals surface area (Å²) in [6.45, 7) is 3.94. The summed E-state index contributed by atoms with van der Waals surface area (Å²) in [5, 5.41) is 2.85. The maximum absolute atomic E-state index is 12.7. The molecule has 0 aliphatic heterocycles. The van der Waals surface area contributed by atoms with Crippen LogP contribution in [0.25, 0.3) is 6.08 Å². The van der Waals surface area contributed by atoms with Gasteiger partial charge < -0.3 is 10.1 Å². The molecular formula is C24H24N2O4S. The van der Waals surface area contributed by atoms with Crippen molar-refractivity contribution in [2.24, 2.45) is 0 Å². The van der Waals surface area contributed by atoms with Gasteiger partial charge in [0.1, 0.15) is 5.75 Å². The molecule has 0 saturated carbocycles. The number of carbonyl (C=O) groups excluding carboxylic acids is 1. The number of aryl methyl sites for hydroxylation is 1. The first-order valence-corrected chi connectivity index (χ1v) is 11.1. The molecule has 0 atom stereocenters. The second-order valence-corrected chi connectivity index (χ2v) is 8.63. The van der Waals surface area contributed by atoms with Crippen LogP contribution in [0.3, 0.4) is 0 Å². The number of carbonyl (C=O) groups is 1. The number of anilines is 2. The summed E-state index contributed by atoms with van der Waals surface area (Å²) in [5.74, 6) is 0.170. The predicted octanol–water partition coefficient (Wildman–Crippen LogP) is 4.76. The van der Waals surface area contributed by atoms with Gasteiger partial charge in [-0.2, -0.15) is 0 Å². The Morgan fingerprint density at radius 3 is 2.29 bits per heavy atom. The Morgan fingerprint density at radius 2 is 1.58 bits per heavy atom. The topological polar surface area (TPSA) is 84.5 Å². The highest BCUT2D eigenvalue weighted by Crippen LogP contribution is 2.26. The molecule has 0 bridgehead atoms. The van der Waals surface area contributed by atoms with Gasteiger partial charge in [-0.05, 0) is 66.9 Å². The minimum absolute atomic E-state index is 0.107. The van der Waals surface area contributed by atoms with Crippen LogP contribution in [0.5, 0.6) is 5.75 Å². The van der Waals surface area contributed by atoms with Crippen LogP contribution in [0.2, 0.25) is 0 Å². The third kappa shape index (κ3) is 5.52. The third-order valence-corrected chi connectivity index (χ3v) is 6.21. The van der Waals surface area contributed by atoms with Gasteiger partial charge in [0, 0.05) is 11.8 Å². The summed E-state index contributed by atoms with van der Waals surface area (Å²) < 4.78 is 33.0. The van der Waals surface area contributed by atoms with Crippen molar-refractivity contribution in [3.63, 3.8) is 0 Å². The lowest BCUT2D eigenvalue weighted by molar-refractivity contribution is -0.111. The van der Waals surface area contributed by atoms with E-state index in [2.05, 4.69) is 10.0 Å². The Labute approximate surface area is 182 Å². The number of benzene rings is 3. The summed E-state index contributed by atoms with van der Waals surface area (Å²) in [4.78, 5) is 12.3. The van der Waals surface area contributed by atoms with Crippen molar-refractivity contribution in [1.29, 1.82) is 0 Å². The van der Waals surface area contributed by atoms with Crippen molar-refractivity contribution < 1.29 is 17.9 Å². The van der Waals surface area contributed by atoms with E-state index in [-0.39, 0.29) is 10.8 Å². The fourth-order valence-corrected chi connectivity index (χ4v) is 3.99. The van der Waals surface area contributed by atoms with Crippen LogP contribution in [0, 0.1) is 13.8 Å². The van der Waals surface area contributed by atoms with Gasteiger partial charge in [0.15, 0.2) is 0 Å². The van der Waals surface area contributed by atoms with Crippen molar-refractivity contribution in [2.75, 3.05) is 17.1 Å². The van der Waals surface area contributed by atoms with Gasteiger partial charge in [0.25, 0.3) is 10.0 Å². The number of amides is 1. The SMILES string of the molecule is COc1ccccc1NS(=O)(=O)c1ccc(/C=C/C(=O)Nc2cccc(C)c2C)cc1. The second-order valence-electron chi connectivity index (χ2n) is 6.94. The number of hydrogen-bond donors (Lipinski definition) is 2. The van der Waals surface area contributed by atoms with Crippen LogP contribution in [-0.2, 0) is 14.8 Å². The molecule has 0 heterocycles. The Morgan fingerprint density at radius 1 is 0.903 bits per heavy atom. The minimum Gasteiger partial charge on any atom is -0.495 e. The molecule has 3 aromatic rings. The highest BCUT2D eigenvalue weighted by Gasteiger charge is 2.16. The van der Waals surface area contributed by atoms with Crippen molar-refractivity contribution in [1.82, 2.24) is 0 Å². The quantitative estimate of drug-likeness (QED) is 0.523. The molecule has 31 heavy (non-hydrogen) atoms. The standard InChI is InChI=1S/C24H24N2O4S/c1-17-7-6-9-21(18(17)2)25-24(27)16-13-19-11-14-20(15-12-19)31(28,29)26-22-8-4-5-10-23(22)30-3/h4-16,26H,1-3H3,(H,25,27)/b16-13+. The molecule has 2 N–H and O–H groups in total. The van der Waals surface area contributed by atoms with Gasteiger partial charge in [0.05, 0.1) is 17.7 Å². The molecule has 0 saturated heterocycles. The Kier molecular flexibility index (Phi) is 6.77. The maximum atomic E-state index is 12.7. The van der Waals surface area contributed by atoms with Crippen molar-refractivity contribution in [3.05, 3.63) is 89.5 Å². The predicted molar refractivity (Wildman–Crippen MR) is 124 cm³/mol. The molecule has 3 rings (SSSR count). The monoisotopic (exact) mass is 436 g/mol. The number of ether oxygens (including phenoxy) is 1. The normalized spacial score (nSPS) is 11.3. The molecule has 1 amide bonds. The van der Waals surface area contributed by atoms with Crippen LogP contribution < -0.4 is 14.8 Å². The van der Waals surface area contributed by atoms with Crippen LogP contribution >= 0.6 is 0 Å². The van der Waals surface area contributed by atoms with E-state index in [1.54, 1.807) is 42.5 Å². The number of hydrogen-bond acceptors (Lipinski definition) is 4. The largest absolute Gasteiger partial charge is 0.495 e. The van der Waals surface area contributed by atoms with E-state index in [1.807, 2.05) is 32.0 Å². The smallest absolute Gasteiger partial charge is 0.262 e. The number of sulfonamides is 1. The molecule has 6 nitrogen and oxygen atoms in total. The first-order chi connectivity index (χ1) is 14.8. The molecule has 0 spiro atoms. The van der Waals surface area contributed by atoms with Gasteiger partial charge in [-0.15, -0.1) is 0 Å². The zero-order valence-corrected chi connectivity index (χ0v) is 18.4. The van der Waals surface area contributed by atoms with Gasteiger partial charge in [-0.25, -0.2) is 8.42 Å². The van der Waals surface area contributed by atoms with Crippen LogP contribution in [-0.4, -0.2) is 21.4 Å². The summed E-state index contributed by atoms with van der Waals surface area (Å²) in [5.41, 5.74) is 3.93. The minimum atomic E-state index is -3.78. The molecule has 0 radical (unpaired) electrons. The number of nitrogens with one attached hydrogen (secondary N) is 2. The third-order valence-electron chi connectivity index (χ3n) is 4.83. The van der Waals surface area contributed by atoms with E-state index < -0.39 is 10.0 Å². The van der Waals surface area contributed by atoms with E-state index in [4.69, 9.17) is 4.74 Å².